The molecule has 1 saturated heterocycles. The normalized spacial score (nSPS) is 17.9. The maximum atomic E-state index is 5.29. The molecular formula is C16H27N5OS. The fourth-order valence-electron chi connectivity index (χ4n) is 2.73. The summed E-state index contributed by atoms with van der Waals surface area (Å²) in [7, 11) is 1.69. The number of hydrogen-bond donors (Lipinski definition) is 2. The van der Waals surface area contributed by atoms with E-state index in [9.17, 15) is 0 Å². The molecular weight excluding hydrogens is 310 g/mol. The number of nitrogens with zero attached hydrogens (tertiary/aromatic N) is 3. The van der Waals surface area contributed by atoms with Crippen LogP contribution < -0.4 is 15.5 Å². The Hall–Kier alpha value is -1.47. The van der Waals surface area contributed by atoms with Gasteiger partial charge in [0.1, 0.15) is 5.82 Å². The Morgan fingerprint density at radius 2 is 2.30 bits per heavy atom. The number of nitrogens with one attached hydrogen (secondary N) is 2. The molecule has 7 heteroatoms. The topological polar surface area (TPSA) is 62.3 Å². The summed E-state index contributed by atoms with van der Waals surface area (Å²) in [5, 5.41) is 6.77. The van der Waals surface area contributed by atoms with Gasteiger partial charge in [-0.25, -0.2) is 4.98 Å². The molecule has 2 rings (SSSR count). The van der Waals surface area contributed by atoms with Gasteiger partial charge in [0.05, 0.1) is 0 Å². The number of aryl methyl sites for hydroxylation is 1. The largest absolute Gasteiger partial charge is 0.385 e. The van der Waals surface area contributed by atoms with E-state index in [-0.39, 0.29) is 0 Å². The highest BCUT2D eigenvalue weighted by molar-refractivity contribution is 7.80. The van der Waals surface area contributed by atoms with Crippen molar-refractivity contribution in [3.63, 3.8) is 0 Å². The molecule has 1 aromatic rings. The third kappa shape index (κ3) is 5.91. The molecule has 128 valence electrons. The van der Waals surface area contributed by atoms with Gasteiger partial charge in [-0.3, -0.25) is 0 Å². The van der Waals surface area contributed by atoms with Crippen molar-refractivity contribution in [1.29, 1.82) is 0 Å². The molecule has 1 aliphatic heterocycles. The quantitative estimate of drug-likeness (QED) is 0.610. The van der Waals surface area contributed by atoms with E-state index < -0.39 is 0 Å². The van der Waals surface area contributed by atoms with E-state index in [0.29, 0.717) is 23.6 Å². The molecule has 6 nitrogen and oxygen atoms in total. The fourth-order valence-corrected chi connectivity index (χ4v) is 2.92. The second kappa shape index (κ2) is 8.98. The summed E-state index contributed by atoms with van der Waals surface area (Å²) in [5.74, 6) is 2.25. The van der Waals surface area contributed by atoms with Crippen LogP contribution in [0.25, 0.3) is 0 Å². The van der Waals surface area contributed by atoms with Gasteiger partial charge >= 0.3 is 0 Å². The maximum absolute atomic E-state index is 5.29. The van der Waals surface area contributed by atoms with Crippen LogP contribution in [0.1, 0.15) is 31.9 Å². The highest BCUT2D eigenvalue weighted by atomic mass is 32.1. The van der Waals surface area contributed by atoms with Crippen molar-refractivity contribution in [2.24, 2.45) is 5.92 Å². The molecule has 2 heterocycles. The van der Waals surface area contributed by atoms with Crippen molar-refractivity contribution in [1.82, 2.24) is 15.3 Å². The Labute approximate surface area is 144 Å². The van der Waals surface area contributed by atoms with E-state index in [4.69, 9.17) is 17.0 Å². The van der Waals surface area contributed by atoms with Gasteiger partial charge in [-0.15, -0.1) is 0 Å². The molecule has 23 heavy (non-hydrogen) atoms. The molecule has 1 aromatic heterocycles. The molecule has 1 fully saturated rings. The molecule has 0 saturated carbocycles. The number of piperidine rings is 1. The highest BCUT2D eigenvalue weighted by Crippen LogP contribution is 2.22. The predicted octanol–water partition coefficient (Wildman–Crippen LogP) is 2.34. The van der Waals surface area contributed by atoms with Gasteiger partial charge in [-0.2, -0.15) is 4.98 Å². The van der Waals surface area contributed by atoms with Gasteiger partial charge < -0.3 is 20.3 Å². The maximum Gasteiger partial charge on any atom is 0.231 e. The van der Waals surface area contributed by atoms with Gasteiger partial charge in [0.25, 0.3) is 0 Å². The minimum atomic E-state index is 0.546. The minimum Gasteiger partial charge on any atom is -0.385 e. The van der Waals surface area contributed by atoms with Gasteiger partial charge in [-0.1, -0.05) is 6.92 Å². The Bertz CT molecular complexity index is 525. The molecule has 0 unspecified atom stereocenters. The van der Waals surface area contributed by atoms with E-state index >= 15 is 0 Å². The monoisotopic (exact) mass is 337 g/mol. The van der Waals surface area contributed by atoms with E-state index in [1.807, 2.05) is 13.0 Å². The van der Waals surface area contributed by atoms with Crippen molar-refractivity contribution in [3.8, 4) is 0 Å². The van der Waals surface area contributed by atoms with Gasteiger partial charge in [0.2, 0.25) is 5.95 Å². The summed E-state index contributed by atoms with van der Waals surface area (Å²) in [6.07, 6.45) is 3.41. The number of methoxy groups -OCH3 is 1. The first-order chi connectivity index (χ1) is 11.1. The number of hydrogen-bond acceptors (Lipinski definition) is 5. The molecule has 0 amide bonds. The summed E-state index contributed by atoms with van der Waals surface area (Å²) in [6, 6.07) is 2.04. The Kier molecular flexibility index (Phi) is 6.98. The van der Waals surface area contributed by atoms with Crippen LogP contribution in [-0.4, -0.2) is 48.4 Å². The second-order valence-corrected chi connectivity index (χ2v) is 6.52. The van der Waals surface area contributed by atoms with Crippen molar-refractivity contribution >= 4 is 29.1 Å². The van der Waals surface area contributed by atoms with Crippen LogP contribution in [0.2, 0.25) is 0 Å². The lowest BCUT2D eigenvalue weighted by atomic mass is 10.0. The average Bonchev–Trinajstić information content (AvgIpc) is 2.51. The lowest BCUT2D eigenvalue weighted by molar-refractivity contribution is 0.196. The summed E-state index contributed by atoms with van der Waals surface area (Å²) in [6.45, 7) is 7.86. The average molecular weight is 337 g/mol. The van der Waals surface area contributed by atoms with Crippen LogP contribution in [0.5, 0.6) is 0 Å². The number of thiocarbonyl (C=S) groups is 1. The molecule has 0 bridgehead atoms. The van der Waals surface area contributed by atoms with E-state index in [2.05, 4.69) is 32.4 Å². The molecule has 1 aliphatic rings. The van der Waals surface area contributed by atoms with Gasteiger partial charge in [0, 0.05) is 45.1 Å². The van der Waals surface area contributed by atoms with Crippen LogP contribution in [0.3, 0.4) is 0 Å². The summed E-state index contributed by atoms with van der Waals surface area (Å²) < 4.78 is 5.02. The smallest absolute Gasteiger partial charge is 0.231 e. The van der Waals surface area contributed by atoms with Crippen LogP contribution in [0.15, 0.2) is 6.07 Å². The van der Waals surface area contributed by atoms with Crippen LogP contribution in [0.4, 0.5) is 11.8 Å². The predicted molar refractivity (Wildman–Crippen MR) is 98.1 cm³/mol. The van der Waals surface area contributed by atoms with E-state index in [0.717, 1.165) is 37.6 Å². The molecule has 0 aromatic carbocycles. The van der Waals surface area contributed by atoms with Crippen LogP contribution >= 0.6 is 12.2 Å². The number of anilines is 2. The number of rotatable bonds is 6. The van der Waals surface area contributed by atoms with Crippen molar-refractivity contribution in [2.75, 3.05) is 43.6 Å². The van der Waals surface area contributed by atoms with Crippen LogP contribution in [0, 0.1) is 12.8 Å². The first-order valence-corrected chi connectivity index (χ1v) is 8.63. The number of ether oxygens (including phenoxy) is 1. The molecule has 1 atom stereocenters. The third-order valence-corrected chi connectivity index (χ3v) is 4.10. The summed E-state index contributed by atoms with van der Waals surface area (Å²) in [5.41, 5.74) is 0.943. The van der Waals surface area contributed by atoms with E-state index in [1.54, 1.807) is 7.11 Å². The number of aromatic nitrogens is 2. The molecule has 2 N–H and O–H groups in total. The van der Waals surface area contributed by atoms with Crippen molar-refractivity contribution in [3.05, 3.63) is 11.8 Å². The Morgan fingerprint density at radius 3 is 3.04 bits per heavy atom. The van der Waals surface area contributed by atoms with Gasteiger partial charge in [-0.05, 0) is 44.3 Å². The zero-order valence-corrected chi connectivity index (χ0v) is 15.1. The van der Waals surface area contributed by atoms with Crippen molar-refractivity contribution < 1.29 is 4.74 Å². The first-order valence-electron chi connectivity index (χ1n) is 8.23. The zero-order valence-electron chi connectivity index (χ0n) is 14.3. The fraction of sp³-hybridized carbons (Fsp3) is 0.688. The summed E-state index contributed by atoms with van der Waals surface area (Å²) in [4.78, 5) is 11.4. The molecule has 0 radical (unpaired) electrons. The standard InChI is InChI=1S/C16H27N5OS/c1-12-6-4-8-21(11-12)14-10-13(2)18-15(19-14)20-16(23)17-7-5-9-22-3/h10,12H,4-9,11H2,1-3H3,(H2,17,18,19,20,23)/t12-/m0/s1. The van der Waals surface area contributed by atoms with Gasteiger partial charge in [0.15, 0.2) is 5.11 Å². The van der Waals surface area contributed by atoms with Crippen LogP contribution in [-0.2, 0) is 4.74 Å². The Morgan fingerprint density at radius 1 is 1.48 bits per heavy atom. The molecule has 0 aliphatic carbocycles. The van der Waals surface area contributed by atoms with Crippen molar-refractivity contribution in [2.45, 2.75) is 33.1 Å². The zero-order chi connectivity index (χ0) is 16.7. The highest BCUT2D eigenvalue weighted by Gasteiger charge is 2.18. The lowest BCUT2D eigenvalue weighted by Crippen LogP contribution is -2.35. The lowest BCUT2D eigenvalue weighted by Gasteiger charge is -2.32. The molecule has 0 spiro atoms. The minimum absolute atomic E-state index is 0.546. The first kappa shape index (κ1) is 17.9. The third-order valence-electron chi connectivity index (χ3n) is 3.86. The SMILES string of the molecule is COCCCNC(=S)Nc1nc(C)cc(N2CCC[C@H](C)C2)n1. The summed E-state index contributed by atoms with van der Waals surface area (Å²) >= 11 is 5.29. The van der Waals surface area contributed by atoms with E-state index in [1.165, 1.54) is 12.8 Å². The Balaban J connectivity index is 1.95. The second-order valence-electron chi connectivity index (χ2n) is 6.11.